The minimum atomic E-state index is -0.321. The van der Waals surface area contributed by atoms with E-state index >= 15 is 0 Å². The third kappa shape index (κ3) is 5.94. The Labute approximate surface area is 272 Å². The summed E-state index contributed by atoms with van der Waals surface area (Å²) in [5.41, 5.74) is 2.57. The first-order valence-electron chi connectivity index (χ1n) is 12.1. The van der Waals surface area contributed by atoms with Crippen molar-refractivity contribution in [2.24, 2.45) is 5.10 Å². The maximum atomic E-state index is 13.6. The Kier molecular flexibility index (Phi) is 8.20. The molecule has 0 bridgehead atoms. The van der Waals surface area contributed by atoms with Crippen LogP contribution >= 0.6 is 75.3 Å². The van der Waals surface area contributed by atoms with Crippen molar-refractivity contribution in [3.05, 3.63) is 123 Å². The molecule has 6 aromatic rings. The third-order valence-electron chi connectivity index (χ3n) is 6.18. The lowest BCUT2D eigenvalue weighted by Gasteiger charge is -2.12. The van der Waals surface area contributed by atoms with Crippen LogP contribution in [-0.4, -0.2) is 15.9 Å². The van der Waals surface area contributed by atoms with Crippen molar-refractivity contribution in [2.75, 3.05) is 0 Å². The summed E-state index contributed by atoms with van der Waals surface area (Å²) in [5, 5.41) is 6.37. The van der Waals surface area contributed by atoms with Gasteiger partial charge in [0.15, 0.2) is 5.76 Å². The summed E-state index contributed by atoms with van der Waals surface area (Å²) in [6.45, 7) is 0.364. The van der Waals surface area contributed by atoms with Gasteiger partial charge in [0.2, 0.25) is 5.82 Å². The fraction of sp³-hybridized carbons (Fsp3) is 0.0333. The first kappa shape index (κ1) is 28.4. The first-order chi connectivity index (χ1) is 19.8. The van der Waals surface area contributed by atoms with Crippen molar-refractivity contribution in [2.45, 2.75) is 6.61 Å². The minimum absolute atomic E-state index is 0.274. The van der Waals surface area contributed by atoms with Gasteiger partial charge in [-0.1, -0.05) is 61.7 Å². The van der Waals surface area contributed by atoms with Gasteiger partial charge in [-0.3, -0.25) is 4.79 Å². The summed E-state index contributed by atoms with van der Waals surface area (Å²) < 4.78 is 16.8. The second-order valence-electron chi connectivity index (χ2n) is 8.94. The fourth-order valence-electron chi connectivity index (χ4n) is 4.22. The predicted molar refractivity (Wildman–Crippen MR) is 177 cm³/mol. The van der Waals surface area contributed by atoms with Gasteiger partial charge < -0.3 is 9.15 Å². The molecular weight excluding hydrogens is 805 g/mol. The lowest BCUT2D eigenvalue weighted by Crippen LogP contribution is -2.20. The molecule has 2 heterocycles. The highest BCUT2D eigenvalue weighted by Gasteiger charge is 2.17. The van der Waals surface area contributed by atoms with E-state index in [1.165, 1.54) is 4.68 Å². The van der Waals surface area contributed by atoms with E-state index in [2.05, 4.69) is 68.8 Å². The van der Waals surface area contributed by atoms with Gasteiger partial charge in [-0.15, -0.1) is 0 Å². The second-order valence-corrected chi connectivity index (χ2v) is 12.9. The molecule has 0 saturated heterocycles. The van der Waals surface area contributed by atoms with Gasteiger partial charge in [0.25, 0.3) is 5.56 Å². The molecule has 6 rings (SSSR count). The van der Waals surface area contributed by atoms with Crippen LogP contribution in [0.3, 0.4) is 0 Å². The van der Waals surface area contributed by atoms with Gasteiger partial charge in [0.05, 0.1) is 26.1 Å². The zero-order valence-corrected chi connectivity index (χ0v) is 27.8. The number of ether oxygens (including phenoxy) is 1. The Hall–Kier alpha value is -2.76. The molecule has 11 heteroatoms. The zero-order valence-electron chi connectivity index (χ0n) is 20.7. The normalized spacial score (nSPS) is 11.6. The molecule has 0 saturated carbocycles. The Morgan fingerprint density at radius 3 is 2.49 bits per heavy atom. The molecule has 0 fully saturated rings. The van der Waals surface area contributed by atoms with Crippen molar-refractivity contribution >= 4 is 103 Å². The highest BCUT2D eigenvalue weighted by molar-refractivity contribution is 9.11. The van der Waals surface area contributed by atoms with E-state index in [1.54, 1.807) is 48.7 Å². The third-order valence-corrected chi connectivity index (χ3v) is 8.83. The molecule has 0 aliphatic heterocycles. The maximum absolute atomic E-state index is 13.6. The van der Waals surface area contributed by atoms with E-state index in [0.29, 0.717) is 39.6 Å². The smallest absolute Gasteiger partial charge is 0.282 e. The van der Waals surface area contributed by atoms with Gasteiger partial charge in [0.1, 0.15) is 17.9 Å². The van der Waals surface area contributed by atoms with Gasteiger partial charge >= 0.3 is 0 Å². The van der Waals surface area contributed by atoms with E-state index in [-0.39, 0.29) is 11.4 Å². The number of nitrogens with zero attached hydrogens (tertiary/aromatic N) is 3. The molecule has 6 nitrogen and oxygen atoms in total. The van der Waals surface area contributed by atoms with Gasteiger partial charge in [-0.25, -0.2) is 4.98 Å². The Morgan fingerprint density at radius 2 is 1.71 bits per heavy atom. The molecule has 0 N–H and O–H groups in total. The average molecular weight is 822 g/mol. The number of halogens is 5. The summed E-state index contributed by atoms with van der Waals surface area (Å²) in [6, 6.07) is 23.9. The maximum Gasteiger partial charge on any atom is 0.282 e. The van der Waals surface area contributed by atoms with Crippen LogP contribution in [0.5, 0.6) is 5.75 Å². The van der Waals surface area contributed by atoms with Crippen molar-refractivity contribution in [3.8, 4) is 17.3 Å². The highest BCUT2D eigenvalue weighted by Crippen LogP contribution is 2.36. The van der Waals surface area contributed by atoms with Crippen molar-refractivity contribution in [1.82, 2.24) is 9.66 Å². The molecule has 41 heavy (non-hydrogen) atoms. The highest BCUT2D eigenvalue weighted by atomic mass is 79.9. The molecular formula is C30H16Br4ClN3O3. The second kappa shape index (κ2) is 11.9. The summed E-state index contributed by atoms with van der Waals surface area (Å²) in [6.07, 6.45) is 1.59. The standard InChI is InChI=1S/C30H16Br4ClN3O3/c31-19-6-5-17(22(32)13-19)15-40-28-23(33)9-16(10-24(28)34)14-36-38-29(37-25-4-2-1-3-21(25)30(38)39)27-12-18-11-20(35)7-8-26(18)41-27/h1-14H,15H2. The predicted octanol–water partition coefficient (Wildman–Crippen LogP) is 9.97. The number of furan rings is 1. The Balaban J connectivity index is 1.37. The number of para-hydroxylation sites is 1. The molecule has 0 atom stereocenters. The van der Waals surface area contributed by atoms with Gasteiger partial charge in [-0.05, 0) is 98.1 Å². The average Bonchev–Trinajstić information content (AvgIpc) is 3.36. The molecule has 0 spiro atoms. The lowest BCUT2D eigenvalue weighted by molar-refractivity contribution is 0.301. The van der Waals surface area contributed by atoms with Crippen LogP contribution in [-0.2, 0) is 6.61 Å². The first-order valence-corrected chi connectivity index (χ1v) is 15.6. The Bertz CT molecular complexity index is 2030. The van der Waals surface area contributed by atoms with Crippen molar-refractivity contribution in [3.63, 3.8) is 0 Å². The van der Waals surface area contributed by atoms with Crippen LogP contribution in [0.4, 0.5) is 0 Å². The van der Waals surface area contributed by atoms with Crippen LogP contribution < -0.4 is 10.3 Å². The topological polar surface area (TPSA) is 69.6 Å². The lowest BCUT2D eigenvalue weighted by atomic mass is 10.2. The summed E-state index contributed by atoms with van der Waals surface area (Å²) in [4.78, 5) is 18.3. The van der Waals surface area contributed by atoms with Crippen LogP contribution in [0.25, 0.3) is 33.5 Å². The molecule has 0 aliphatic carbocycles. The number of aromatic nitrogens is 2. The molecule has 204 valence electrons. The fourth-order valence-corrected chi connectivity index (χ4v) is 7.01. The molecule has 0 unspecified atom stereocenters. The number of rotatable bonds is 6. The zero-order chi connectivity index (χ0) is 28.7. The van der Waals surface area contributed by atoms with Crippen molar-refractivity contribution < 1.29 is 9.15 Å². The summed E-state index contributed by atoms with van der Waals surface area (Å²) in [5.74, 6) is 1.31. The molecule has 0 amide bonds. The van der Waals surface area contributed by atoms with Gasteiger partial charge in [-0.2, -0.15) is 9.78 Å². The summed E-state index contributed by atoms with van der Waals surface area (Å²) in [7, 11) is 0. The molecule has 0 aliphatic rings. The van der Waals surface area contributed by atoms with Crippen LogP contribution in [0, 0.1) is 0 Å². The van der Waals surface area contributed by atoms with E-state index in [0.717, 1.165) is 34.4 Å². The van der Waals surface area contributed by atoms with E-state index in [9.17, 15) is 4.79 Å². The number of hydrogen-bond donors (Lipinski definition) is 0. The van der Waals surface area contributed by atoms with Gasteiger partial charge in [0, 0.05) is 24.9 Å². The number of benzene rings is 4. The molecule has 2 aromatic heterocycles. The van der Waals surface area contributed by atoms with Crippen LogP contribution in [0.2, 0.25) is 5.02 Å². The summed E-state index contributed by atoms with van der Waals surface area (Å²) >= 11 is 20.4. The number of hydrogen-bond acceptors (Lipinski definition) is 5. The van der Waals surface area contributed by atoms with E-state index in [4.69, 9.17) is 25.7 Å². The van der Waals surface area contributed by atoms with Crippen LogP contribution in [0.15, 0.2) is 111 Å². The quantitative estimate of drug-likeness (QED) is 0.157. The Morgan fingerprint density at radius 1 is 0.927 bits per heavy atom. The van der Waals surface area contributed by atoms with E-state index < -0.39 is 0 Å². The SMILES string of the molecule is O=c1c2ccccc2nc(-c2cc3cc(Cl)ccc3o2)n1N=Cc1cc(Br)c(OCc2ccc(Br)cc2Br)c(Br)c1. The van der Waals surface area contributed by atoms with E-state index in [1.807, 2.05) is 36.4 Å². The monoisotopic (exact) mass is 817 g/mol. The largest absolute Gasteiger partial charge is 0.486 e. The number of fused-ring (bicyclic) bond motifs is 2. The van der Waals surface area contributed by atoms with Crippen molar-refractivity contribution in [1.29, 1.82) is 0 Å². The minimum Gasteiger partial charge on any atom is -0.486 e. The van der Waals surface area contributed by atoms with Crippen LogP contribution in [0.1, 0.15) is 11.1 Å². The molecule has 4 aromatic carbocycles. The molecule has 0 radical (unpaired) electrons.